The molecule has 216 valence electrons. The normalized spacial score (nSPS) is 20.2. The summed E-state index contributed by atoms with van der Waals surface area (Å²) in [6.45, 7) is 4.80. The van der Waals surface area contributed by atoms with Crippen LogP contribution >= 0.6 is 0 Å². The summed E-state index contributed by atoms with van der Waals surface area (Å²) in [5.41, 5.74) is 4.51. The molecule has 0 aromatic heterocycles. The first-order valence-corrected chi connectivity index (χ1v) is 15.0. The van der Waals surface area contributed by atoms with Crippen LogP contribution in [0, 0.1) is 5.92 Å². The predicted molar refractivity (Wildman–Crippen MR) is 159 cm³/mol. The zero-order valence-electron chi connectivity index (χ0n) is 24.2. The third-order valence-corrected chi connectivity index (χ3v) is 8.76. The Labute approximate surface area is 243 Å². The monoisotopic (exact) mass is 555 g/mol. The molecule has 6 heteroatoms. The van der Waals surface area contributed by atoms with E-state index >= 15 is 0 Å². The van der Waals surface area contributed by atoms with Crippen LogP contribution < -0.4 is 4.74 Å². The molecule has 3 aromatic carbocycles. The van der Waals surface area contributed by atoms with Gasteiger partial charge < -0.3 is 19.1 Å². The van der Waals surface area contributed by atoms with Crippen LogP contribution in [0.25, 0.3) is 0 Å². The molecule has 41 heavy (non-hydrogen) atoms. The summed E-state index contributed by atoms with van der Waals surface area (Å²) in [5.74, 6) is 0.878. The van der Waals surface area contributed by atoms with E-state index in [1.165, 1.54) is 24.0 Å². The van der Waals surface area contributed by atoms with Crippen molar-refractivity contribution in [2.45, 2.75) is 76.9 Å². The smallest absolute Gasteiger partial charge is 0.410 e. The van der Waals surface area contributed by atoms with E-state index in [1.807, 2.05) is 85.5 Å². The fourth-order valence-electron chi connectivity index (χ4n) is 6.70. The minimum atomic E-state index is -0.302. The van der Waals surface area contributed by atoms with Crippen molar-refractivity contribution in [1.29, 1.82) is 0 Å². The van der Waals surface area contributed by atoms with E-state index in [4.69, 9.17) is 14.2 Å². The second-order valence-electron chi connectivity index (χ2n) is 11.1. The molecule has 0 saturated heterocycles. The van der Waals surface area contributed by atoms with Gasteiger partial charge in [-0.2, -0.15) is 0 Å². The van der Waals surface area contributed by atoms with Crippen LogP contribution in [0.4, 0.5) is 4.79 Å². The topological polar surface area (TPSA) is 65.1 Å². The van der Waals surface area contributed by atoms with E-state index in [2.05, 4.69) is 12.1 Å². The van der Waals surface area contributed by atoms with Crippen molar-refractivity contribution in [3.05, 3.63) is 101 Å². The van der Waals surface area contributed by atoms with Gasteiger partial charge in [0.25, 0.3) is 0 Å². The van der Waals surface area contributed by atoms with E-state index in [1.54, 1.807) is 0 Å². The third kappa shape index (κ3) is 6.75. The van der Waals surface area contributed by atoms with Gasteiger partial charge in [-0.05, 0) is 78.8 Å². The van der Waals surface area contributed by atoms with Crippen LogP contribution in [-0.2, 0) is 27.3 Å². The van der Waals surface area contributed by atoms with Gasteiger partial charge in [0.05, 0.1) is 5.92 Å². The van der Waals surface area contributed by atoms with Crippen LogP contribution in [0.3, 0.4) is 0 Å². The Morgan fingerprint density at radius 2 is 1.63 bits per heavy atom. The lowest BCUT2D eigenvalue weighted by molar-refractivity contribution is -0.152. The second kappa shape index (κ2) is 13.7. The van der Waals surface area contributed by atoms with Crippen molar-refractivity contribution in [3.8, 4) is 5.75 Å². The first kappa shape index (κ1) is 28.7. The third-order valence-electron chi connectivity index (χ3n) is 8.76. The number of rotatable bonds is 10. The zero-order chi connectivity index (χ0) is 28.6. The summed E-state index contributed by atoms with van der Waals surface area (Å²) < 4.78 is 17.2. The number of fused-ring (bicyclic) bond motifs is 3. The van der Waals surface area contributed by atoms with Crippen LogP contribution in [0.1, 0.15) is 80.0 Å². The Hall–Kier alpha value is -3.80. The van der Waals surface area contributed by atoms with Crippen molar-refractivity contribution >= 4 is 12.1 Å². The number of hydrogen-bond acceptors (Lipinski definition) is 5. The van der Waals surface area contributed by atoms with E-state index < -0.39 is 0 Å². The number of likely N-dealkylation sites (N-methyl/N-ethyl adjacent to an activating group) is 1. The quantitative estimate of drug-likeness (QED) is 0.190. The molecule has 1 amide bonds. The highest BCUT2D eigenvalue weighted by Crippen LogP contribution is 2.47. The first-order valence-electron chi connectivity index (χ1n) is 15.0. The molecule has 0 N–H and O–H groups in total. The average Bonchev–Trinajstić information content (AvgIpc) is 3.02. The summed E-state index contributed by atoms with van der Waals surface area (Å²) in [5, 5.41) is 0. The van der Waals surface area contributed by atoms with E-state index in [9.17, 15) is 9.59 Å². The number of amides is 1. The van der Waals surface area contributed by atoms with Crippen LogP contribution in [0.2, 0.25) is 0 Å². The summed E-state index contributed by atoms with van der Waals surface area (Å²) in [6.07, 6.45) is 5.78. The van der Waals surface area contributed by atoms with E-state index in [0.29, 0.717) is 30.6 Å². The van der Waals surface area contributed by atoms with Gasteiger partial charge in [0.15, 0.2) is 0 Å². The fraction of sp³-hybridized carbons (Fsp3) is 0.429. The number of carbonyl (C=O) groups excluding carboxylic acids is 2. The summed E-state index contributed by atoms with van der Waals surface area (Å²) in [6, 6.07) is 25.9. The molecule has 0 bridgehead atoms. The maximum absolute atomic E-state index is 13.3. The van der Waals surface area contributed by atoms with Gasteiger partial charge in [-0.25, -0.2) is 4.79 Å². The van der Waals surface area contributed by atoms with Gasteiger partial charge in [-0.3, -0.25) is 4.79 Å². The molecule has 0 radical (unpaired) electrons. The average molecular weight is 556 g/mol. The molecular formula is C35H41NO5. The number of hydrogen-bond donors (Lipinski definition) is 0. The van der Waals surface area contributed by atoms with Gasteiger partial charge in [0, 0.05) is 12.6 Å². The second-order valence-corrected chi connectivity index (χ2v) is 11.1. The largest absolute Gasteiger partial charge is 0.457 e. The van der Waals surface area contributed by atoms with Gasteiger partial charge in [-0.1, -0.05) is 86.5 Å². The number of ether oxygens (including phenoxy) is 3. The predicted octanol–water partition coefficient (Wildman–Crippen LogP) is 7.62. The lowest BCUT2D eigenvalue weighted by Crippen LogP contribution is -2.50. The van der Waals surface area contributed by atoms with Crippen LogP contribution in [-0.4, -0.2) is 36.3 Å². The minimum Gasteiger partial charge on any atom is -0.457 e. The van der Waals surface area contributed by atoms with Gasteiger partial charge in [0.2, 0.25) is 6.79 Å². The Morgan fingerprint density at radius 1 is 0.902 bits per heavy atom. The number of esters is 1. The Bertz CT molecular complexity index is 1290. The van der Waals surface area contributed by atoms with Gasteiger partial charge in [0.1, 0.15) is 12.4 Å². The van der Waals surface area contributed by atoms with Gasteiger partial charge >= 0.3 is 12.1 Å². The SMILES string of the molecule is CCC(C(=O)OCOc1ccc2c(c1)C1CCCC[C@@H]1[C@@H](N(CC)C(=O)OCc1ccccc1)C2)c1ccccc1. The standard InChI is InChI=1S/C35H41NO5/c1-3-29(26-15-9-6-10-16-26)34(37)41-24-40-28-20-19-27-21-33(31-18-12-11-17-30(31)32(27)22-28)36(4-2)35(38)39-23-25-13-7-5-8-14-25/h5-10,13-16,19-20,22,29-31,33H,3-4,11-12,17-18,21,23-24H2,1-2H3/t29?,30?,31-,33-/m0/s1. The molecule has 2 aliphatic carbocycles. The van der Waals surface area contributed by atoms with Gasteiger partial charge in [-0.15, -0.1) is 0 Å². The van der Waals surface area contributed by atoms with Crippen molar-refractivity contribution in [2.75, 3.05) is 13.3 Å². The lowest BCUT2D eigenvalue weighted by Gasteiger charge is -2.46. The van der Waals surface area contributed by atoms with Crippen molar-refractivity contribution in [2.24, 2.45) is 5.92 Å². The highest BCUT2D eigenvalue weighted by atomic mass is 16.7. The Morgan fingerprint density at radius 3 is 2.37 bits per heavy atom. The molecule has 0 spiro atoms. The highest BCUT2D eigenvalue weighted by molar-refractivity contribution is 5.78. The summed E-state index contributed by atoms with van der Waals surface area (Å²) >= 11 is 0. The molecule has 2 unspecified atom stereocenters. The molecule has 2 aliphatic rings. The molecule has 1 fully saturated rings. The summed E-state index contributed by atoms with van der Waals surface area (Å²) in [7, 11) is 0. The molecule has 4 atom stereocenters. The van der Waals surface area contributed by atoms with Crippen LogP contribution in [0.5, 0.6) is 5.75 Å². The molecule has 6 nitrogen and oxygen atoms in total. The fourth-order valence-corrected chi connectivity index (χ4v) is 6.70. The molecular weight excluding hydrogens is 514 g/mol. The maximum atomic E-state index is 13.3. The van der Waals surface area contributed by atoms with E-state index in [0.717, 1.165) is 30.4 Å². The molecule has 3 aromatic rings. The maximum Gasteiger partial charge on any atom is 0.410 e. The number of benzene rings is 3. The minimum absolute atomic E-state index is 0.109. The summed E-state index contributed by atoms with van der Waals surface area (Å²) in [4.78, 5) is 28.0. The van der Waals surface area contributed by atoms with Crippen molar-refractivity contribution in [3.63, 3.8) is 0 Å². The van der Waals surface area contributed by atoms with E-state index in [-0.39, 0.29) is 37.4 Å². The lowest BCUT2D eigenvalue weighted by atomic mass is 9.65. The Kier molecular flexibility index (Phi) is 9.60. The molecule has 1 saturated carbocycles. The molecule has 5 rings (SSSR count). The highest BCUT2D eigenvalue weighted by Gasteiger charge is 2.42. The molecule has 0 aliphatic heterocycles. The van der Waals surface area contributed by atoms with Crippen molar-refractivity contribution < 1.29 is 23.8 Å². The number of nitrogens with zero attached hydrogens (tertiary/aromatic N) is 1. The van der Waals surface area contributed by atoms with Crippen molar-refractivity contribution in [1.82, 2.24) is 4.90 Å². The molecule has 0 heterocycles. The number of carbonyl (C=O) groups is 2. The Balaban J connectivity index is 1.25. The van der Waals surface area contributed by atoms with Crippen LogP contribution in [0.15, 0.2) is 78.9 Å². The zero-order valence-corrected chi connectivity index (χ0v) is 24.2. The first-order chi connectivity index (χ1) is 20.1.